The first kappa shape index (κ1) is 55.5. The molecule has 0 spiro atoms. The summed E-state index contributed by atoms with van der Waals surface area (Å²) in [5.74, 6) is 1.59. The summed E-state index contributed by atoms with van der Waals surface area (Å²) in [5.41, 5.74) is 11.0. The van der Waals surface area contributed by atoms with Gasteiger partial charge in [-0.2, -0.15) is 20.6 Å². The minimum atomic E-state index is -0.734. The van der Waals surface area contributed by atoms with Crippen LogP contribution in [-0.2, 0) is 6.54 Å². The zero-order valence-corrected chi connectivity index (χ0v) is 46.4. The zero-order valence-electron chi connectivity index (χ0n) is 46.4. The maximum absolute atomic E-state index is 14.9. The third-order valence-corrected chi connectivity index (χ3v) is 16.4. The SMILES string of the molecule is CN(Cc1ncc(OCC2CCC(Nc3ncc(OCC4CCC(N)CC4)c(-c4cnn(-c5c(F)cccc5F)c4)n3)CC2)c(-c2cnn(-c3ccccc3C#N)c2)n1)[C@@H]1CC[C@H](COc2cncnc2-c2cnn(-c3ccccc3F)c2)C1. The van der Waals surface area contributed by atoms with Crippen molar-refractivity contribution in [1.82, 2.24) is 64.1 Å². The van der Waals surface area contributed by atoms with Crippen molar-refractivity contribution in [3.05, 3.63) is 158 Å². The second-order valence-corrected chi connectivity index (χ2v) is 22.1. The molecule has 3 aliphatic carbocycles. The van der Waals surface area contributed by atoms with Gasteiger partial charge in [0.25, 0.3) is 0 Å². The molecule has 3 N–H and O–H groups in total. The highest BCUT2D eigenvalue weighted by Gasteiger charge is 2.31. The number of hydrogen-bond acceptors (Lipinski definition) is 16. The van der Waals surface area contributed by atoms with Gasteiger partial charge in [0.2, 0.25) is 5.95 Å². The minimum absolute atomic E-state index is 0.0742. The molecule has 19 nitrogen and oxygen atoms in total. The fourth-order valence-corrected chi connectivity index (χ4v) is 11.6. The molecular formula is C62H63F3N16O3. The number of aromatic nitrogens is 12. The van der Waals surface area contributed by atoms with E-state index in [1.165, 1.54) is 46.2 Å². The van der Waals surface area contributed by atoms with Crippen molar-refractivity contribution >= 4 is 5.95 Å². The third-order valence-electron chi connectivity index (χ3n) is 16.4. The van der Waals surface area contributed by atoms with Crippen molar-refractivity contribution < 1.29 is 27.4 Å². The molecule has 0 aliphatic heterocycles. The van der Waals surface area contributed by atoms with Gasteiger partial charge < -0.3 is 25.3 Å². The molecule has 22 heteroatoms. The standard InChI is InChI=1S/C62H63F3N16O3/c1-78(48-22-17-41(23-48)37-84-54-28-68-38-71-58(54)43-25-73-80(31-43)53-12-5-3-8-49(53)63)34-57-69-29-55(59(76-57)44-26-72-79(32-44)52-11-4-2-7-42(52)24-66)82-36-40-15-20-47(21-16-40)75-62-70-30-56(83-35-39-13-18-46(67)19-14-39)60(77-62)45-27-74-81(33-45)61-50(64)9-6-10-51(61)65/h2-12,25-33,38-41,46-48H,13-23,34-37,67H2,1H3,(H,70,75,77)/t39?,40?,41-,46?,47?,48+/m0/s1. The van der Waals surface area contributed by atoms with Gasteiger partial charge in [-0.05, 0) is 132 Å². The van der Waals surface area contributed by atoms with Crippen LogP contribution >= 0.6 is 0 Å². The van der Waals surface area contributed by atoms with Crippen molar-refractivity contribution in [3.63, 3.8) is 0 Å². The van der Waals surface area contributed by atoms with Crippen LogP contribution in [0, 0.1) is 46.5 Å². The fraction of sp³-hybridized carbons (Fsp3) is 0.355. The van der Waals surface area contributed by atoms with E-state index >= 15 is 0 Å². The van der Waals surface area contributed by atoms with Crippen LogP contribution in [0.2, 0.25) is 0 Å². The fourth-order valence-electron chi connectivity index (χ4n) is 11.6. The topological polar surface area (TPSA) is 224 Å². The summed E-state index contributed by atoms with van der Waals surface area (Å²) >= 11 is 0. The number of rotatable bonds is 20. The van der Waals surface area contributed by atoms with Crippen molar-refractivity contribution in [2.24, 2.45) is 23.5 Å². The van der Waals surface area contributed by atoms with E-state index < -0.39 is 11.6 Å². The largest absolute Gasteiger partial charge is 0.489 e. The summed E-state index contributed by atoms with van der Waals surface area (Å²) in [6, 6.07) is 20.3. The Kier molecular flexibility index (Phi) is 16.6. The lowest BCUT2D eigenvalue weighted by Crippen LogP contribution is -2.30. The smallest absolute Gasteiger partial charge is 0.223 e. The average molecular weight is 1140 g/mol. The quantitative estimate of drug-likeness (QED) is 0.0724. The number of nitrogens with one attached hydrogen (secondary N) is 1. The van der Waals surface area contributed by atoms with Crippen molar-refractivity contribution in [2.45, 2.75) is 95.3 Å². The van der Waals surface area contributed by atoms with Crippen LogP contribution in [0.5, 0.6) is 17.2 Å². The lowest BCUT2D eigenvalue weighted by atomic mass is 9.86. The zero-order chi connectivity index (χ0) is 57.5. The van der Waals surface area contributed by atoms with Crippen molar-refractivity contribution in [2.75, 3.05) is 32.2 Å². The van der Waals surface area contributed by atoms with E-state index in [2.05, 4.69) is 53.6 Å². The van der Waals surface area contributed by atoms with E-state index in [-0.39, 0.29) is 41.5 Å². The minimum Gasteiger partial charge on any atom is -0.489 e. The van der Waals surface area contributed by atoms with Gasteiger partial charge in [0.1, 0.15) is 52.5 Å². The normalized spacial score (nSPS) is 19.7. The third kappa shape index (κ3) is 12.6. The Balaban J connectivity index is 0.695. The monoisotopic (exact) mass is 1140 g/mol. The van der Waals surface area contributed by atoms with E-state index in [9.17, 15) is 18.4 Å². The Morgan fingerprint density at radius 1 is 0.595 bits per heavy atom. The van der Waals surface area contributed by atoms with Crippen molar-refractivity contribution in [1.29, 1.82) is 5.26 Å². The molecule has 3 fully saturated rings. The van der Waals surface area contributed by atoms with Gasteiger partial charge >= 0.3 is 0 Å². The molecular weight excluding hydrogens is 1070 g/mol. The maximum Gasteiger partial charge on any atom is 0.223 e. The number of halogens is 3. The van der Waals surface area contributed by atoms with Crippen LogP contribution < -0.4 is 25.3 Å². The number of nitriles is 1. The lowest BCUT2D eigenvalue weighted by molar-refractivity contribution is 0.200. The highest BCUT2D eigenvalue weighted by Crippen LogP contribution is 2.37. The van der Waals surface area contributed by atoms with Crippen LogP contribution in [-0.4, -0.2) is 109 Å². The number of nitrogens with two attached hydrogens (primary N) is 1. The molecule has 6 heterocycles. The van der Waals surface area contributed by atoms with Crippen LogP contribution in [0.15, 0.2) is 129 Å². The number of ether oxygens (including phenoxy) is 3. The summed E-state index contributed by atoms with van der Waals surface area (Å²) in [6.45, 7) is 1.88. The van der Waals surface area contributed by atoms with Gasteiger partial charge in [0.15, 0.2) is 28.9 Å². The molecule has 0 saturated heterocycles. The number of benzene rings is 3. The molecule has 6 aromatic heterocycles. The van der Waals surface area contributed by atoms with Gasteiger partial charge in [-0.25, -0.2) is 57.1 Å². The van der Waals surface area contributed by atoms with Crippen LogP contribution in [0.25, 0.3) is 50.8 Å². The van der Waals surface area contributed by atoms with Crippen molar-refractivity contribution in [3.8, 4) is 74.2 Å². The van der Waals surface area contributed by atoms with E-state index in [1.54, 1.807) is 72.3 Å². The number of nitrogens with zero attached hydrogens (tertiary/aromatic N) is 14. The van der Waals surface area contributed by atoms with Gasteiger partial charge in [-0.15, -0.1) is 0 Å². The molecule has 430 valence electrons. The van der Waals surface area contributed by atoms with E-state index in [1.807, 2.05) is 24.4 Å². The highest BCUT2D eigenvalue weighted by atomic mass is 19.1. The van der Waals surface area contributed by atoms with Crippen LogP contribution in [0.3, 0.4) is 0 Å². The molecule has 0 unspecified atom stereocenters. The molecule has 3 aromatic carbocycles. The van der Waals surface area contributed by atoms with E-state index in [0.717, 1.165) is 76.2 Å². The first-order chi connectivity index (χ1) is 41.1. The molecule has 0 radical (unpaired) electrons. The molecule has 2 atom stereocenters. The molecule has 3 saturated carbocycles. The van der Waals surface area contributed by atoms with Gasteiger partial charge in [-0.3, -0.25) is 4.90 Å². The summed E-state index contributed by atoms with van der Waals surface area (Å²) in [6.07, 6.45) is 26.7. The van der Waals surface area contributed by atoms with E-state index in [4.69, 9.17) is 34.9 Å². The predicted molar refractivity (Wildman–Crippen MR) is 307 cm³/mol. The Labute approximate surface area is 483 Å². The number of para-hydroxylation sites is 3. The first-order valence-electron chi connectivity index (χ1n) is 28.6. The van der Waals surface area contributed by atoms with Gasteiger partial charge in [0, 0.05) is 53.4 Å². The molecule has 9 aromatic rings. The number of anilines is 1. The Morgan fingerprint density at radius 3 is 1.86 bits per heavy atom. The summed E-state index contributed by atoms with van der Waals surface area (Å²) in [7, 11) is 2.10. The van der Waals surface area contributed by atoms with Gasteiger partial charge in [0.05, 0.1) is 74.8 Å². The first-order valence-corrected chi connectivity index (χ1v) is 28.6. The summed E-state index contributed by atoms with van der Waals surface area (Å²) in [4.78, 5) is 30.6. The maximum atomic E-state index is 14.9. The molecule has 0 amide bonds. The summed E-state index contributed by atoms with van der Waals surface area (Å²) in [5, 5.41) is 26.8. The molecule has 12 rings (SSSR count). The molecule has 84 heavy (non-hydrogen) atoms. The second-order valence-electron chi connectivity index (χ2n) is 22.1. The number of hydrogen-bond donors (Lipinski definition) is 2. The Morgan fingerprint density at radius 2 is 1.15 bits per heavy atom. The predicted octanol–water partition coefficient (Wildman–Crippen LogP) is 10.5. The Bertz CT molecular complexity index is 3750. The van der Waals surface area contributed by atoms with E-state index in [0.29, 0.717) is 106 Å². The highest BCUT2D eigenvalue weighted by molar-refractivity contribution is 5.67. The summed E-state index contributed by atoms with van der Waals surface area (Å²) < 4.78 is 68.0. The molecule has 0 bridgehead atoms. The average Bonchev–Trinajstić information content (AvgIpc) is 4.49. The lowest BCUT2D eigenvalue weighted by Gasteiger charge is -2.29. The second kappa shape index (κ2) is 25.2. The van der Waals surface area contributed by atoms with Gasteiger partial charge in [-0.1, -0.05) is 30.3 Å². The Hall–Kier alpha value is -9.07. The molecule has 3 aliphatic rings. The van der Waals surface area contributed by atoms with Crippen LogP contribution in [0.1, 0.15) is 82.0 Å². The van der Waals surface area contributed by atoms with Crippen LogP contribution in [0.4, 0.5) is 19.1 Å².